The Morgan fingerprint density at radius 2 is 2.06 bits per heavy atom. The van der Waals surface area contributed by atoms with Crippen LogP contribution >= 0.6 is 11.6 Å². The van der Waals surface area contributed by atoms with Gasteiger partial charge in [0, 0.05) is 36.3 Å². The average Bonchev–Trinajstić information content (AvgIpc) is 3.30. The van der Waals surface area contributed by atoms with E-state index in [4.69, 9.17) is 21.1 Å². The smallest absolute Gasteiger partial charge is 0.289 e. The summed E-state index contributed by atoms with van der Waals surface area (Å²) >= 11 is 6.03. The van der Waals surface area contributed by atoms with Gasteiger partial charge in [0.1, 0.15) is 5.75 Å². The number of fused-ring (bicyclic) bond motifs is 5. The molecule has 0 unspecified atom stereocenters. The second kappa shape index (κ2) is 8.22. The van der Waals surface area contributed by atoms with Crippen LogP contribution in [-0.4, -0.2) is 46.0 Å². The monoisotopic (exact) mass is 452 g/mol. The van der Waals surface area contributed by atoms with Crippen molar-refractivity contribution >= 4 is 28.4 Å². The molecule has 1 amide bonds. The van der Waals surface area contributed by atoms with Gasteiger partial charge in [-0.15, -0.1) is 0 Å². The number of ether oxygens (including phenoxy) is 2. The van der Waals surface area contributed by atoms with Gasteiger partial charge in [-0.1, -0.05) is 23.7 Å². The average molecular weight is 453 g/mol. The Balaban J connectivity index is 1.68. The maximum absolute atomic E-state index is 15.0. The molecule has 0 radical (unpaired) electrons. The lowest BCUT2D eigenvalue weighted by atomic mass is 10.1. The van der Waals surface area contributed by atoms with Crippen LogP contribution < -0.4 is 4.74 Å². The molecule has 3 heterocycles. The number of nitrogens with zero attached hydrogens (tertiary/aromatic N) is 3. The lowest BCUT2D eigenvalue weighted by molar-refractivity contribution is 0.0658. The number of carbonyl (C=O) groups is 1. The van der Waals surface area contributed by atoms with E-state index in [-0.39, 0.29) is 35.7 Å². The molecular weight excluding hydrogens is 435 g/mol. The summed E-state index contributed by atoms with van der Waals surface area (Å²) in [5.74, 6) is -0.269. The molecular formula is C23H18ClFN4O3. The highest BCUT2D eigenvalue weighted by atomic mass is 35.5. The Morgan fingerprint density at radius 3 is 2.94 bits per heavy atom. The summed E-state index contributed by atoms with van der Waals surface area (Å²) in [6.07, 6.45) is 3.19. The lowest BCUT2D eigenvalue weighted by Crippen LogP contribution is -2.31. The Bertz CT molecular complexity index is 1340. The number of benzene rings is 2. The third-order valence-electron chi connectivity index (χ3n) is 5.31. The van der Waals surface area contributed by atoms with Crippen LogP contribution in [0.2, 0.25) is 5.02 Å². The van der Waals surface area contributed by atoms with E-state index in [9.17, 15) is 9.18 Å². The van der Waals surface area contributed by atoms with Gasteiger partial charge in [-0.2, -0.15) is 0 Å². The standard InChI is InChI=1S/C23H18ClFN4O3/c1-29-8-9-31-12-14-2-4-16(24)20(25)21(14)32-19-6-7-26-17-5-3-13(10-15(17)19)18-11-27-22(28-18)23(29)30/h2-7,10-11H,8-9,12H2,1H3,(H,27,28). The predicted molar refractivity (Wildman–Crippen MR) is 117 cm³/mol. The lowest BCUT2D eigenvalue weighted by Gasteiger charge is -2.17. The second-order valence-electron chi connectivity index (χ2n) is 7.42. The third-order valence-corrected chi connectivity index (χ3v) is 5.60. The Hall–Kier alpha value is -3.49. The number of hydrogen-bond acceptors (Lipinski definition) is 5. The number of aromatic amines is 1. The minimum Gasteiger partial charge on any atom is -0.453 e. The molecule has 2 aromatic carbocycles. The zero-order valence-corrected chi connectivity index (χ0v) is 17.8. The van der Waals surface area contributed by atoms with Crippen LogP contribution in [0.5, 0.6) is 11.5 Å². The number of hydrogen-bond donors (Lipinski definition) is 1. The van der Waals surface area contributed by atoms with Gasteiger partial charge in [0.25, 0.3) is 5.91 Å². The molecule has 32 heavy (non-hydrogen) atoms. The molecule has 1 N–H and O–H groups in total. The van der Waals surface area contributed by atoms with Crippen molar-refractivity contribution in [2.45, 2.75) is 6.61 Å². The van der Waals surface area contributed by atoms with Crippen molar-refractivity contribution in [3.05, 3.63) is 71.0 Å². The van der Waals surface area contributed by atoms with Gasteiger partial charge in [-0.25, -0.2) is 9.37 Å². The SMILES string of the molecule is CN1CCOCc2ccc(Cl)c(F)c2Oc2ccnc3ccc(cc23)-c2cnc([nH]2)C1=O. The minimum absolute atomic E-state index is 0.00393. The van der Waals surface area contributed by atoms with Gasteiger partial charge < -0.3 is 19.4 Å². The Labute approximate surface area is 187 Å². The summed E-state index contributed by atoms with van der Waals surface area (Å²) in [5, 5.41) is 0.621. The molecule has 0 saturated heterocycles. The zero-order valence-electron chi connectivity index (χ0n) is 17.1. The molecule has 0 fully saturated rings. The summed E-state index contributed by atoms with van der Waals surface area (Å²) in [4.78, 5) is 25.9. The van der Waals surface area contributed by atoms with E-state index in [0.717, 1.165) is 5.56 Å². The predicted octanol–water partition coefficient (Wildman–Crippen LogP) is 4.81. The molecule has 0 spiro atoms. The molecule has 9 heteroatoms. The molecule has 5 rings (SSSR count). The fraction of sp³-hybridized carbons (Fsp3) is 0.174. The van der Waals surface area contributed by atoms with Gasteiger partial charge in [0.05, 0.1) is 35.6 Å². The van der Waals surface area contributed by atoms with Crippen molar-refractivity contribution in [2.75, 3.05) is 20.2 Å². The summed E-state index contributed by atoms with van der Waals surface area (Å²) in [5.41, 5.74) is 2.62. The van der Waals surface area contributed by atoms with E-state index >= 15 is 0 Å². The van der Waals surface area contributed by atoms with Crippen molar-refractivity contribution < 1.29 is 18.7 Å². The minimum atomic E-state index is -0.666. The van der Waals surface area contributed by atoms with Crippen molar-refractivity contribution in [3.63, 3.8) is 0 Å². The molecule has 1 aliphatic rings. The van der Waals surface area contributed by atoms with Gasteiger partial charge in [-0.3, -0.25) is 9.78 Å². The number of likely N-dealkylation sites (N-methyl/N-ethyl adjacent to an activating group) is 1. The van der Waals surface area contributed by atoms with E-state index in [1.807, 2.05) is 18.2 Å². The van der Waals surface area contributed by atoms with Crippen LogP contribution in [0.25, 0.3) is 22.2 Å². The zero-order chi connectivity index (χ0) is 22.2. The normalized spacial score (nSPS) is 14.5. The molecule has 1 aliphatic heterocycles. The van der Waals surface area contributed by atoms with Crippen molar-refractivity contribution in [1.29, 1.82) is 0 Å². The molecule has 4 aromatic rings. The number of H-pyrrole nitrogens is 1. The number of rotatable bonds is 0. The van der Waals surface area contributed by atoms with Gasteiger partial charge in [-0.05, 0) is 24.3 Å². The van der Waals surface area contributed by atoms with E-state index in [0.29, 0.717) is 34.5 Å². The van der Waals surface area contributed by atoms with E-state index in [2.05, 4.69) is 15.0 Å². The number of carbonyl (C=O) groups excluding carboxylic acids is 1. The third kappa shape index (κ3) is 3.68. The van der Waals surface area contributed by atoms with Gasteiger partial charge in [0.2, 0.25) is 0 Å². The second-order valence-corrected chi connectivity index (χ2v) is 7.82. The fourth-order valence-electron chi connectivity index (χ4n) is 3.53. The first-order valence-corrected chi connectivity index (χ1v) is 10.3. The topological polar surface area (TPSA) is 80.3 Å². The first-order chi connectivity index (χ1) is 15.5. The van der Waals surface area contributed by atoms with E-state index < -0.39 is 5.82 Å². The Morgan fingerprint density at radius 1 is 1.19 bits per heavy atom. The largest absolute Gasteiger partial charge is 0.453 e. The van der Waals surface area contributed by atoms with Gasteiger partial charge in [0.15, 0.2) is 17.4 Å². The van der Waals surface area contributed by atoms with Crippen LogP contribution in [-0.2, 0) is 11.3 Å². The molecule has 4 bridgehead atoms. The number of aromatic nitrogens is 3. The number of pyridine rings is 1. The summed E-state index contributed by atoms with van der Waals surface area (Å²) in [7, 11) is 1.67. The van der Waals surface area contributed by atoms with E-state index in [1.54, 1.807) is 31.6 Å². The van der Waals surface area contributed by atoms with Crippen LogP contribution in [0, 0.1) is 5.82 Å². The highest BCUT2D eigenvalue weighted by molar-refractivity contribution is 6.30. The maximum Gasteiger partial charge on any atom is 0.289 e. The number of amides is 1. The first-order valence-electron chi connectivity index (χ1n) is 9.93. The number of imidazole rings is 1. The summed E-state index contributed by atoms with van der Waals surface area (Å²) in [6.45, 7) is 0.671. The highest BCUT2D eigenvalue weighted by Gasteiger charge is 2.19. The van der Waals surface area contributed by atoms with Crippen LogP contribution in [0.4, 0.5) is 4.39 Å². The number of nitrogens with one attached hydrogen (secondary N) is 1. The number of halogens is 2. The van der Waals surface area contributed by atoms with E-state index in [1.165, 1.54) is 11.0 Å². The summed E-state index contributed by atoms with van der Waals surface area (Å²) < 4.78 is 26.7. The fourth-order valence-corrected chi connectivity index (χ4v) is 3.67. The Kier molecular flexibility index (Phi) is 5.24. The van der Waals surface area contributed by atoms with Crippen molar-refractivity contribution in [2.24, 2.45) is 0 Å². The summed E-state index contributed by atoms with van der Waals surface area (Å²) in [6, 6.07) is 10.3. The van der Waals surface area contributed by atoms with Crippen LogP contribution in [0.3, 0.4) is 0 Å². The molecule has 2 aromatic heterocycles. The maximum atomic E-state index is 15.0. The van der Waals surface area contributed by atoms with Crippen LogP contribution in [0.1, 0.15) is 16.2 Å². The van der Waals surface area contributed by atoms with Crippen LogP contribution in [0.15, 0.2) is 48.8 Å². The van der Waals surface area contributed by atoms with Crippen molar-refractivity contribution in [3.8, 4) is 22.8 Å². The molecule has 7 nitrogen and oxygen atoms in total. The molecule has 0 aliphatic carbocycles. The van der Waals surface area contributed by atoms with Gasteiger partial charge >= 0.3 is 0 Å². The highest BCUT2D eigenvalue weighted by Crippen LogP contribution is 2.37. The molecule has 0 atom stereocenters. The molecule has 162 valence electrons. The molecule has 0 saturated carbocycles. The van der Waals surface area contributed by atoms with Crippen molar-refractivity contribution in [1.82, 2.24) is 19.9 Å². The quantitative estimate of drug-likeness (QED) is 0.414. The first kappa shape index (κ1) is 20.4.